The number of piperidine rings is 1. The number of carbonyl (C=O) groups is 1. The Morgan fingerprint density at radius 1 is 1.38 bits per heavy atom. The minimum atomic E-state index is -0.0606. The summed E-state index contributed by atoms with van der Waals surface area (Å²) in [6.45, 7) is 5.24. The van der Waals surface area contributed by atoms with Gasteiger partial charge in [0.1, 0.15) is 6.17 Å². The maximum absolute atomic E-state index is 12.4. The lowest BCUT2D eigenvalue weighted by Crippen LogP contribution is -2.35. The fourth-order valence-corrected chi connectivity index (χ4v) is 4.16. The topological polar surface area (TPSA) is 35.6 Å². The second kappa shape index (κ2) is 6.46. The van der Waals surface area contributed by atoms with Gasteiger partial charge in [-0.3, -0.25) is 10.1 Å². The van der Waals surface area contributed by atoms with Crippen molar-refractivity contribution in [3.05, 3.63) is 22.4 Å². The summed E-state index contributed by atoms with van der Waals surface area (Å²) >= 11 is 1.73. The summed E-state index contributed by atoms with van der Waals surface area (Å²) < 4.78 is 0. The predicted octanol–water partition coefficient (Wildman–Crippen LogP) is 2.30. The van der Waals surface area contributed by atoms with E-state index in [9.17, 15) is 4.79 Å². The summed E-state index contributed by atoms with van der Waals surface area (Å²) in [6.07, 6.45) is 3.76. The van der Waals surface area contributed by atoms with Gasteiger partial charge in [-0.15, -0.1) is 11.3 Å². The number of nitrogens with one attached hydrogen (secondary N) is 1. The summed E-state index contributed by atoms with van der Waals surface area (Å²) in [5, 5.41) is 5.51. The third-order valence-electron chi connectivity index (χ3n) is 4.80. The van der Waals surface area contributed by atoms with Gasteiger partial charge in [0.15, 0.2) is 0 Å². The Bertz CT molecular complexity index is 468. The molecule has 21 heavy (non-hydrogen) atoms. The molecule has 0 bridgehead atoms. The van der Waals surface area contributed by atoms with Crippen molar-refractivity contribution in [2.24, 2.45) is 5.92 Å². The lowest BCUT2D eigenvalue weighted by molar-refractivity contribution is -0.130. The predicted molar refractivity (Wildman–Crippen MR) is 86.2 cm³/mol. The van der Waals surface area contributed by atoms with Crippen molar-refractivity contribution in [1.29, 1.82) is 0 Å². The zero-order valence-corrected chi connectivity index (χ0v) is 13.7. The van der Waals surface area contributed by atoms with Crippen molar-refractivity contribution in [1.82, 2.24) is 15.1 Å². The summed E-state index contributed by atoms with van der Waals surface area (Å²) in [5.74, 6) is 1.02. The molecule has 116 valence electrons. The Labute approximate surface area is 131 Å². The zero-order valence-electron chi connectivity index (χ0n) is 12.9. The summed E-state index contributed by atoms with van der Waals surface area (Å²) in [7, 11) is 2.19. The fourth-order valence-electron chi connectivity index (χ4n) is 3.37. The smallest absolute Gasteiger partial charge is 0.241 e. The van der Waals surface area contributed by atoms with Crippen molar-refractivity contribution in [2.45, 2.75) is 38.4 Å². The lowest BCUT2D eigenvalue weighted by atomic mass is 9.93. The van der Waals surface area contributed by atoms with Gasteiger partial charge in [-0.1, -0.05) is 6.07 Å². The maximum Gasteiger partial charge on any atom is 0.241 e. The zero-order chi connectivity index (χ0) is 14.8. The van der Waals surface area contributed by atoms with Crippen LogP contribution in [0, 0.1) is 5.92 Å². The molecule has 2 aliphatic heterocycles. The Morgan fingerprint density at radius 2 is 2.14 bits per heavy atom. The SMILES string of the molecule is CC1NC(c2cccs2)N(CCC2CCN(C)CC2)C1=O. The van der Waals surface area contributed by atoms with E-state index in [-0.39, 0.29) is 18.1 Å². The van der Waals surface area contributed by atoms with E-state index in [1.807, 2.05) is 6.92 Å². The van der Waals surface area contributed by atoms with Gasteiger partial charge in [0, 0.05) is 11.4 Å². The highest BCUT2D eigenvalue weighted by atomic mass is 32.1. The first kappa shape index (κ1) is 15.0. The normalized spacial score (nSPS) is 28.5. The maximum atomic E-state index is 12.4. The molecule has 2 unspecified atom stereocenters. The van der Waals surface area contributed by atoms with Gasteiger partial charge in [-0.25, -0.2) is 0 Å². The Morgan fingerprint density at radius 3 is 2.81 bits per heavy atom. The number of hydrogen-bond acceptors (Lipinski definition) is 4. The minimum Gasteiger partial charge on any atom is -0.321 e. The third-order valence-corrected chi connectivity index (χ3v) is 5.73. The van der Waals surface area contributed by atoms with Gasteiger partial charge >= 0.3 is 0 Å². The molecule has 5 heteroatoms. The van der Waals surface area contributed by atoms with Crippen molar-refractivity contribution in [3.8, 4) is 0 Å². The van der Waals surface area contributed by atoms with Crippen LogP contribution in [0.15, 0.2) is 17.5 Å². The number of likely N-dealkylation sites (tertiary alicyclic amines) is 1. The largest absolute Gasteiger partial charge is 0.321 e. The highest BCUT2D eigenvalue weighted by Crippen LogP contribution is 2.30. The van der Waals surface area contributed by atoms with E-state index < -0.39 is 0 Å². The Hall–Kier alpha value is -0.910. The third kappa shape index (κ3) is 3.30. The first-order valence-electron chi connectivity index (χ1n) is 7.93. The van der Waals surface area contributed by atoms with E-state index in [4.69, 9.17) is 0 Å². The molecule has 2 saturated heterocycles. The van der Waals surface area contributed by atoms with Crippen LogP contribution >= 0.6 is 11.3 Å². The molecule has 1 N–H and O–H groups in total. The van der Waals surface area contributed by atoms with Gasteiger partial charge in [0.05, 0.1) is 6.04 Å². The van der Waals surface area contributed by atoms with E-state index in [1.54, 1.807) is 11.3 Å². The molecule has 1 amide bonds. The van der Waals surface area contributed by atoms with Crippen LogP contribution in [-0.4, -0.2) is 48.4 Å². The highest BCUT2D eigenvalue weighted by Gasteiger charge is 2.37. The van der Waals surface area contributed by atoms with E-state index in [2.05, 4.69) is 39.7 Å². The van der Waals surface area contributed by atoms with Crippen LogP contribution in [-0.2, 0) is 4.79 Å². The first-order chi connectivity index (χ1) is 10.1. The van der Waals surface area contributed by atoms with Crippen LogP contribution in [0.25, 0.3) is 0 Å². The quantitative estimate of drug-likeness (QED) is 0.927. The van der Waals surface area contributed by atoms with Gasteiger partial charge < -0.3 is 9.80 Å². The molecule has 4 nitrogen and oxygen atoms in total. The van der Waals surface area contributed by atoms with E-state index in [0.717, 1.165) is 18.9 Å². The monoisotopic (exact) mass is 307 g/mol. The lowest BCUT2D eigenvalue weighted by Gasteiger charge is -2.31. The van der Waals surface area contributed by atoms with Crippen LogP contribution in [0.4, 0.5) is 0 Å². The second-order valence-electron chi connectivity index (χ2n) is 6.37. The van der Waals surface area contributed by atoms with Crippen LogP contribution in [0.1, 0.15) is 37.2 Å². The van der Waals surface area contributed by atoms with Crippen molar-refractivity contribution in [3.63, 3.8) is 0 Å². The number of thiophene rings is 1. The molecule has 0 saturated carbocycles. The van der Waals surface area contributed by atoms with E-state index in [0.29, 0.717) is 0 Å². The minimum absolute atomic E-state index is 0.0606. The molecule has 3 heterocycles. The molecule has 2 aliphatic rings. The van der Waals surface area contributed by atoms with Gasteiger partial charge in [-0.05, 0) is 63.7 Å². The number of carbonyl (C=O) groups excluding carboxylic acids is 1. The molecule has 3 rings (SSSR count). The fraction of sp³-hybridized carbons (Fsp3) is 0.688. The van der Waals surface area contributed by atoms with Crippen LogP contribution in [0.5, 0.6) is 0 Å². The Balaban J connectivity index is 1.60. The van der Waals surface area contributed by atoms with Gasteiger partial charge in [0.2, 0.25) is 5.91 Å². The molecule has 2 atom stereocenters. The summed E-state index contributed by atoms with van der Waals surface area (Å²) in [5.41, 5.74) is 0. The molecule has 1 aromatic rings. The number of amides is 1. The number of nitrogens with zero attached hydrogens (tertiary/aromatic N) is 2. The molecular weight excluding hydrogens is 282 g/mol. The van der Waals surface area contributed by atoms with E-state index in [1.165, 1.54) is 30.8 Å². The van der Waals surface area contributed by atoms with Crippen LogP contribution in [0.3, 0.4) is 0 Å². The molecule has 2 fully saturated rings. The van der Waals surface area contributed by atoms with Gasteiger partial charge in [0.25, 0.3) is 0 Å². The standard InChI is InChI=1S/C16H25N3OS/c1-12-16(20)19(15(17-12)14-4-3-11-21-14)10-7-13-5-8-18(2)9-6-13/h3-4,11-13,15,17H,5-10H2,1-2H3. The number of hydrogen-bond donors (Lipinski definition) is 1. The van der Waals surface area contributed by atoms with E-state index >= 15 is 0 Å². The van der Waals surface area contributed by atoms with Crippen LogP contribution in [0.2, 0.25) is 0 Å². The Kier molecular flexibility index (Phi) is 4.62. The molecule has 0 spiro atoms. The first-order valence-corrected chi connectivity index (χ1v) is 8.81. The molecule has 0 radical (unpaired) electrons. The highest BCUT2D eigenvalue weighted by molar-refractivity contribution is 7.10. The molecule has 0 aromatic carbocycles. The van der Waals surface area contributed by atoms with Gasteiger partial charge in [-0.2, -0.15) is 0 Å². The summed E-state index contributed by atoms with van der Waals surface area (Å²) in [4.78, 5) is 18.1. The van der Waals surface area contributed by atoms with Crippen molar-refractivity contribution < 1.29 is 4.79 Å². The molecule has 0 aliphatic carbocycles. The number of rotatable bonds is 4. The second-order valence-corrected chi connectivity index (χ2v) is 7.35. The van der Waals surface area contributed by atoms with Crippen molar-refractivity contribution >= 4 is 17.2 Å². The average Bonchev–Trinajstić information content (AvgIpc) is 3.09. The average molecular weight is 307 g/mol. The summed E-state index contributed by atoms with van der Waals surface area (Å²) in [6, 6.07) is 4.12. The van der Waals surface area contributed by atoms with Crippen molar-refractivity contribution in [2.75, 3.05) is 26.7 Å². The van der Waals surface area contributed by atoms with Crippen LogP contribution < -0.4 is 5.32 Å². The molecule has 1 aromatic heterocycles. The molecular formula is C16H25N3OS.